The second-order valence-corrected chi connectivity index (χ2v) is 9.76. The van der Waals surface area contributed by atoms with Gasteiger partial charge >= 0.3 is 0 Å². The van der Waals surface area contributed by atoms with Crippen molar-refractivity contribution in [2.75, 3.05) is 32.4 Å². The zero-order chi connectivity index (χ0) is 19.9. The minimum Gasteiger partial charge on any atom is -0.341 e. The molecule has 8 nitrogen and oxygen atoms in total. The number of hydrogen-bond acceptors (Lipinski definition) is 6. The molecule has 1 amide bonds. The zero-order valence-corrected chi connectivity index (χ0v) is 17.0. The number of carbonyl (C=O) groups excluding carboxylic acids is 1. The SMILES string of the molecule is CS(=O)(=O)N1CCC(C(=O)N2CC(c3nc(-c4cccc(Cl)c4)no3)C2)CC1. The molecule has 0 aliphatic carbocycles. The van der Waals surface area contributed by atoms with Gasteiger partial charge in [0.25, 0.3) is 0 Å². The smallest absolute Gasteiger partial charge is 0.233 e. The third kappa shape index (κ3) is 3.92. The molecule has 2 aliphatic rings. The Bertz CT molecular complexity index is 979. The van der Waals surface area contributed by atoms with Crippen LogP contribution in [0, 0.1) is 5.92 Å². The van der Waals surface area contributed by atoms with E-state index in [1.807, 2.05) is 12.1 Å². The number of rotatable bonds is 4. The maximum atomic E-state index is 12.7. The molecule has 1 aromatic carbocycles. The summed E-state index contributed by atoms with van der Waals surface area (Å²) in [6.45, 7) is 1.89. The predicted molar refractivity (Wildman–Crippen MR) is 103 cm³/mol. The van der Waals surface area contributed by atoms with E-state index in [0.717, 1.165) is 5.56 Å². The summed E-state index contributed by atoms with van der Waals surface area (Å²) in [4.78, 5) is 18.9. The van der Waals surface area contributed by atoms with E-state index in [1.54, 1.807) is 17.0 Å². The second kappa shape index (κ2) is 7.46. The Morgan fingerprint density at radius 2 is 1.96 bits per heavy atom. The summed E-state index contributed by atoms with van der Waals surface area (Å²) in [5.74, 6) is 0.990. The molecule has 10 heteroatoms. The molecule has 2 aromatic rings. The van der Waals surface area contributed by atoms with E-state index in [2.05, 4.69) is 10.1 Å². The van der Waals surface area contributed by atoms with Crippen molar-refractivity contribution in [3.63, 3.8) is 0 Å². The van der Waals surface area contributed by atoms with E-state index in [4.69, 9.17) is 16.1 Å². The number of benzene rings is 1. The van der Waals surface area contributed by atoms with Gasteiger partial charge in [-0.2, -0.15) is 4.98 Å². The lowest BCUT2D eigenvalue weighted by Gasteiger charge is -2.40. The van der Waals surface area contributed by atoms with Crippen LogP contribution in [0.5, 0.6) is 0 Å². The average molecular weight is 425 g/mol. The van der Waals surface area contributed by atoms with Crippen molar-refractivity contribution >= 4 is 27.5 Å². The fourth-order valence-corrected chi connectivity index (χ4v) is 4.72. The van der Waals surface area contributed by atoms with Gasteiger partial charge in [0.2, 0.25) is 27.6 Å². The number of likely N-dealkylation sites (tertiary alicyclic amines) is 1. The number of carbonyl (C=O) groups is 1. The van der Waals surface area contributed by atoms with Crippen LogP contribution in [-0.2, 0) is 14.8 Å². The van der Waals surface area contributed by atoms with Crippen LogP contribution in [0.2, 0.25) is 5.02 Å². The summed E-state index contributed by atoms with van der Waals surface area (Å²) in [6, 6.07) is 7.24. The van der Waals surface area contributed by atoms with Gasteiger partial charge in [0.1, 0.15) is 0 Å². The summed E-state index contributed by atoms with van der Waals surface area (Å²) in [5.41, 5.74) is 0.785. The van der Waals surface area contributed by atoms with Gasteiger partial charge in [0.15, 0.2) is 0 Å². The number of amides is 1. The van der Waals surface area contributed by atoms with Gasteiger partial charge in [-0.25, -0.2) is 12.7 Å². The molecule has 2 aliphatic heterocycles. The zero-order valence-electron chi connectivity index (χ0n) is 15.4. The Morgan fingerprint density at radius 3 is 2.61 bits per heavy atom. The Balaban J connectivity index is 1.32. The molecule has 2 fully saturated rings. The molecular weight excluding hydrogens is 404 g/mol. The lowest BCUT2D eigenvalue weighted by Crippen LogP contribution is -2.52. The average Bonchev–Trinajstić information content (AvgIpc) is 3.09. The quantitative estimate of drug-likeness (QED) is 0.744. The molecule has 0 N–H and O–H groups in total. The van der Waals surface area contributed by atoms with Crippen LogP contribution in [0.4, 0.5) is 0 Å². The van der Waals surface area contributed by atoms with Crippen LogP contribution < -0.4 is 0 Å². The van der Waals surface area contributed by atoms with Crippen molar-refractivity contribution in [2.45, 2.75) is 18.8 Å². The minimum absolute atomic E-state index is 0.0282. The molecule has 2 saturated heterocycles. The molecule has 0 radical (unpaired) electrons. The van der Waals surface area contributed by atoms with E-state index >= 15 is 0 Å². The van der Waals surface area contributed by atoms with Crippen molar-refractivity contribution in [3.8, 4) is 11.4 Å². The van der Waals surface area contributed by atoms with E-state index in [1.165, 1.54) is 10.6 Å². The maximum Gasteiger partial charge on any atom is 0.233 e. The van der Waals surface area contributed by atoms with E-state index in [9.17, 15) is 13.2 Å². The van der Waals surface area contributed by atoms with Gasteiger partial charge in [0.05, 0.1) is 12.2 Å². The summed E-state index contributed by atoms with van der Waals surface area (Å²) in [6.07, 6.45) is 2.33. The second-order valence-electron chi connectivity index (χ2n) is 7.34. The molecule has 1 aromatic heterocycles. The van der Waals surface area contributed by atoms with Gasteiger partial charge in [-0.05, 0) is 25.0 Å². The molecule has 0 atom stereocenters. The molecule has 0 unspecified atom stereocenters. The van der Waals surface area contributed by atoms with Crippen molar-refractivity contribution in [2.24, 2.45) is 5.92 Å². The molecule has 4 rings (SSSR count). The fraction of sp³-hybridized carbons (Fsp3) is 0.500. The van der Waals surface area contributed by atoms with Gasteiger partial charge in [-0.3, -0.25) is 4.79 Å². The van der Waals surface area contributed by atoms with Gasteiger partial charge in [-0.1, -0.05) is 28.9 Å². The Hall–Kier alpha value is -1.97. The third-order valence-electron chi connectivity index (χ3n) is 5.34. The normalized spacial score (nSPS) is 19.6. The Labute approximate surface area is 168 Å². The van der Waals surface area contributed by atoms with Crippen molar-refractivity contribution in [1.82, 2.24) is 19.3 Å². The summed E-state index contributed by atoms with van der Waals surface area (Å²) < 4.78 is 30.0. The highest BCUT2D eigenvalue weighted by atomic mass is 35.5. The molecule has 150 valence electrons. The van der Waals surface area contributed by atoms with Gasteiger partial charge in [0, 0.05) is 42.7 Å². The number of piperidine rings is 1. The lowest BCUT2D eigenvalue weighted by molar-refractivity contribution is -0.141. The third-order valence-corrected chi connectivity index (χ3v) is 6.88. The first-order valence-corrected chi connectivity index (χ1v) is 11.4. The highest BCUT2D eigenvalue weighted by Gasteiger charge is 2.39. The molecular formula is C18H21ClN4O4S. The van der Waals surface area contributed by atoms with E-state index in [-0.39, 0.29) is 17.7 Å². The van der Waals surface area contributed by atoms with Crippen LogP contribution >= 0.6 is 11.6 Å². The molecule has 3 heterocycles. The van der Waals surface area contributed by atoms with E-state index < -0.39 is 10.0 Å². The number of hydrogen-bond donors (Lipinski definition) is 0. The van der Waals surface area contributed by atoms with Gasteiger partial charge in [-0.15, -0.1) is 0 Å². The molecule has 0 bridgehead atoms. The summed E-state index contributed by atoms with van der Waals surface area (Å²) >= 11 is 6.00. The molecule has 0 saturated carbocycles. The molecule has 0 spiro atoms. The summed E-state index contributed by atoms with van der Waals surface area (Å²) in [7, 11) is -3.18. The van der Waals surface area contributed by atoms with Crippen molar-refractivity contribution in [1.29, 1.82) is 0 Å². The predicted octanol–water partition coefficient (Wildman–Crippen LogP) is 1.99. The lowest BCUT2D eigenvalue weighted by atomic mass is 9.92. The topological polar surface area (TPSA) is 96.6 Å². The molecule has 28 heavy (non-hydrogen) atoms. The number of halogens is 1. The number of aromatic nitrogens is 2. The highest BCUT2D eigenvalue weighted by Crippen LogP contribution is 2.31. The van der Waals surface area contributed by atoms with E-state index in [0.29, 0.717) is 55.8 Å². The Kier molecular flexibility index (Phi) is 5.15. The number of sulfonamides is 1. The van der Waals surface area contributed by atoms with Crippen molar-refractivity contribution < 1.29 is 17.7 Å². The van der Waals surface area contributed by atoms with Gasteiger partial charge < -0.3 is 9.42 Å². The number of nitrogens with zero attached hydrogens (tertiary/aromatic N) is 4. The standard InChI is InChI=1S/C18H21ClN4O4S/c1-28(25,26)23-7-5-12(6-8-23)18(24)22-10-14(11-22)17-20-16(21-27-17)13-3-2-4-15(19)9-13/h2-4,9,12,14H,5-8,10-11H2,1H3. The van der Waals surface area contributed by atoms with Crippen LogP contribution in [-0.4, -0.2) is 66.1 Å². The Morgan fingerprint density at radius 1 is 1.25 bits per heavy atom. The first-order chi connectivity index (χ1) is 13.3. The van der Waals surface area contributed by atoms with Crippen molar-refractivity contribution in [3.05, 3.63) is 35.2 Å². The first kappa shape index (κ1) is 19.4. The minimum atomic E-state index is -3.18. The largest absolute Gasteiger partial charge is 0.341 e. The maximum absolute atomic E-state index is 12.7. The van der Waals surface area contributed by atoms with Crippen LogP contribution in [0.1, 0.15) is 24.7 Å². The fourth-order valence-electron chi connectivity index (χ4n) is 3.65. The highest BCUT2D eigenvalue weighted by molar-refractivity contribution is 7.88. The summed E-state index contributed by atoms with van der Waals surface area (Å²) in [5, 5.41) is 4.61. The van der Waals surface area contributed by atoms with Crippen LogP contribution in [0.3, 0.4) is 0 Å². The monoisotopic (exact) mass is 424 g/mol. The van der Waals surface area contributed by atoms with Crippen LogP contribution in [0.15, 0.2) is 28.8 Å². The first-order valence-electron chi connectivity index (χ1n) is 9.15. The van der Waals surface area contributed by atoms with Crippen LogP contribution in [0.25, 0.3) is 11.4 Å².